The van der Waals surface area contributed by atoms with Crippen LogP contribution in [0.5, 0.6) is 17.2 Å². The molecule has 0 unspecified atom stereocenters. The maximum Gasteiger partial charge on any atom is 0.191 e. The van der Waals surface area contributed by atoms with Gasteiger partial charge in [-0.1, -0.05) is 12.1 Å². The fourth-order valence-electron chi connectivity index (χ4n) is 2.81. The summed E-state index contributed by atoms with van der Waals surface area (Å²) in [5.41, 5.74) is 3.48. The molecule has 0 saturated carbocycles. The Balaban J connectivity index is 1.86. The van der Waals surface area contributed by atoms with Crippen molar-refractivity contribution in [2.24, 2.45) is 4.99 Å². The first-order valence-corrected chi connectivity index (χ1v) is 8.89. The molecule has 6 nitrogen and oxygen atoms in total. The lowest BCUT2D eigenvalue weighted by molar-refractivity contribution is 0.354. The number of rotatable bonds is 8. The molecule has 0 atom stereocenters. The van der Waals surface area contributed by atoms with Crippen molar-refractivity contribution in [3.05, 3.63) is 53.1 Å². The molecule has 27 heavy (non-hydrogen) atoms. The predicted octanol–water partition coefficient (Wildman–Crippen LogP) is 2.93. The van der Waals surface area contributed by atoms with Gasteiger partial charge in [-0.05, 0) is 54.3 Å². The number of hydrogen-bond acceptors (Lipinski definition) is 4. The van der Waals surface area contributed by atoms with E-state index in [1.54, 1.807) is 28.4 Å². The molecule has 0 amide bonds. The Kier molecular flexibility index (Phi) is 7.79. The normalized spacial score (nSPS) is 11.1. The summed E-state index contributed by atoms with van der Waals surface area (Å²) in [5.74, 6) is 3.10. The van der Waals surface area contributed by atoms with E-state index in [1.807, 2.05) is 30.3 Å². The van der Waals surface area contributed by atoms with Crippen LogP contribution in [0.1, 0.15) is 16.7 Å². The van der Waals surface area contributed by atoms with E-state index in [0.717, 1.165) is 41.7 Å². The molecule has 0 aromatic heterocycles. The highest BCUT2D eigenvalue weighted by Crippen LogP contribution is 2.27. The summed E-state index contributed by atoms with van der Waals surface area (Å²) in [6.07, 6.45) is 0.847. The number of aryl methyl sites for hydroxylation is 1. The lowest BCUT2D eigenvalue weighted by Gasteiger charge is -2.14. The second-order valence-corrected chi connectivity index (χ2v) is 6.15. The Hall–Kier alpha value is -2.89. The number of nitrogens with one attached hydrogen (secondary N) is 2. The smallest absolute Gasteiger partial charge is 0.191 e. The van der Waals surface area contributed by atoms with Gasteiger partial charge in [-0.15, -0.1) is 0 Å². The van der Waals surface area contributed by atoms with E-state index in [2.05, 4.69) is 28.6 Å². The van der Waals surface area contributed by atoms with Crippen molar-refractivity contribution < 1.29 is 14.2 Å². The molecule has 0 saturated heterocycles. The Morgan fingerprint density at radius 1 is 0.889 bits per heavy atom. The maximum atomic E-state index is 5.35. The lowest BCUT2D eigenvalue weighted by Crippen LogP contribution is -2.37. The first-order valence-electron chi connectivity index (χ1n) is 8.89. The highest BCUT2D eigenvalue weighted by Gasteiger charge is 2.05. The van der Waals surface area contributed by atoms with Crippen LogP contribution in [0, 0.1) is 6.92 Å². The Morgan fingerprint density at radius 2 is 1.67 bits per heavy atom. The molecule has 2 N–H and O–H groups in total. The SMILES string of the molecule is CN=C(NCCc1ccc(OC)c(OC)c1)NCc1cc(C)cc(OC)c1. The van der Waals surface area contributed by atoms with Crippen LogP contribution in [-0.4, -0.2) is 40.9 Å². The van der Waals surface area contributed by atoms with Gasteiger partial charge in [-0.2, -0.15) is 0 Å². The summed E-state index contributed by atoms with van der Waals surface area (Å²) < 4.78 is 15.9. The molecule has 0 aliphatic heterocycles. The lowest BCUT2D eigenvalue weighted by atomic mass is 10.1. The molecule has 2 aromatic carbocycles. The summed E-state index contributed by atoms with van der Waals surface area (Å²) in [6.45, 7) is 3.49. The first-order chi connectivity index (χ1) is 13.1. The Labute approximate surface area is 161 Å². The van der Waals surface area contributed by atoms with Crippen molar-refractivity contribution in [3.63, 3.8) is 0 Å². The van der Waals surface area contributed by atoms with Gasteiger partial charge in [0.15, 0.2) is 17.5 Å². The second kappa shape index (κ2) is 10.3. The molecule has 146 valence electrons. The minimum atomic E-state index is 0.675. The molecule has 0 heterocycles. The van der Waals surface area contributed by atoms with Crippen LogP contribution in [0.25, 0.3) is 0 Å². The maximum absolute atomic E-state index is 5.35. The van der Waals surface area contributed by atoms with E-state index < -0.39 is 0 Å². The molecule has 0 radical (unpaired) electrons. The van der Waals surface area contributed by atoms with Crippen LogP contribution in [-0.2, 0) is 13.0 Å². The van der Waals surface area contributed by atoms with E-state index in [-0.39, 0.29) is 0 Å². The Bertz CT molecular complexity index is 775. The van der Waals surface area contributed by atoms with Gasteiger partial charge in [0.2, 0.25) is 0 Å². The van der Waals surface area contributed by atoms with Crippen molar-refractivity contribution in [2.75, 3.05) is 34.9 Å². The Morgan fingerprint density at radius 3 is 2.33 bits per heavy atom. The number of methoxy groups -OCH3 is 3. The summed E-state index contributed by atoms with van der Waals surface area (Å²) in [4.78, 5) is 4.28. The third-order valence-electron chi connectivity index (χ3n) is 4.18. The van der Waals surface area contributed by atoms with Gasteiger partial charge in [-0.25, -0.2) is 0 Å². The number of aliphatic imine (C=N–C) groups is 1. The fourth-order valence-corrected chi connectivity index (χ4v) is 2.81. The van der Waals surface area contributed by atoms with Crippen LogP contribution < -0.4 is 24.8 Å². The zero-order valence-corrected chi connectivity index (χ0v) is 16.8. The standard InChI is InChI=1S/C21H29N3O3/c1-15-10-17(12-18(11-15)25-3)14-24-21(22-2)23-9-8-16-6-7-19(26-4)20(13-16)27-5/h6-7,10-13H,8-9,14H2,1-5H3,(H2,22,23,24). The van der Waals surface area contributed by atoms with Crippen molar-refractivity contribution in [1.82, 2.24) is 10.6 Å². The van der Waals surface area contributed by atoms with Crippen molar-refractivity contribution in [3.8, 4) is 17.2 Å². The van der Waals surface area contributed by atoms with Crippen LogP contribution in [0.3, 0.4) is 0 Å². The average Bonchev–Trinajstić information content (AvgIpc) is 2.69. The quantitative estimate of drug-likeness (QED) is 0.552. The molecule has 0 fully saturated rings. The topological polar surface area (TPSA) is 64.1 Å². The van der Waals surface area contributed by atoms with Crippen LogP contribution in [0.4, 0.5) is 0 Å². The third-order valence-corrected chi connectivity index (χ3v) is 4.18. The van der Waals surface area contributed by atoms with Crippen molar-refractivity contribution in [2.45, 2.75) is 19.9 Å². The molecule has 0 bridgehead atoms. The van der Waals surface area contributed by atoms with Gasteiger partial charge >= 0.3 is 0 Å². The number of nitrogens with zero attached hydrogens (tertiary/aromatic N) is 1. The predicted molar refractivity (Wildman–Crippen MR) is 109 cm³/mol. The number of guanidine groups is 1. The fraction of sp³-hybridized carbons (Fsp3) is 0.381. The minimum Gasteiger partial charge on any atom is -0.497 e. The molecule has 2 aromatic rings. The van der Waals surface area contributed by atoms with E-state index in [4.69, 9.17) is 14.2 Å². The van der Waals surface area contributed by atoms with E-state index >= 15 is 0 Å². The van der Waals surface area contributed by atoms with Crippen molar-refractivity contribution >= 4 is 5.96 Å². The third kappa shape index (κ3) is 6.09. The van der Waals surface area contributed by atoms with Gasteiger partial charge in [0, 0.05) is 20.1 Å². The highest BCUT2D eigenvalue weighted by atomic mass is 16.5. The van der Waals surface area contributed by atoms with Gasteiger partial charge in [0.25, 0.3) is 0 Å². The van der Waals surface area contributed by atoms with Crippen LogP contribution in [0.2, 0.25) is 0 Å². The zero-order valence-electron chi connectivity index (χ0n) is 16.8. The minimum absolute atomic E-state index is 0.675. The number of benzene rings is 2. The summed E-state index contributed by atoms with van der Waals surface area (Å²) >= 11 is 0. The summed E-state index contributed by atoms with van der Waals surface area (Å²) in [6, 6.07) is 12.1. The second-order valence-electron chi connectivity index (χ2n) is 6.15. The summed E-state index contributed by atoms with van der Waals surface area (Å²) in [5, 5.41) is 6.66. The molecule has 0 aliphatic carbocycles. The highest BCUT2D eigenvalue weighted by molar-refractivity contribution is 5.79. The molecule has 0 spiro atoms. The first kappa shape index (κ1) is 20.4. The molecular weight excluding hydrogens is 342 g/mol. The molecule has 2 rings (SSSR count). The number of ether oxygens (including phenoxy) is 3. The van der Waals surface area contributed by atoms with Gasteiger partial charge in [-0.3, -0.25) is 4.99 Å². The van der Waals surface area contributed by atoms with Gasteiger partial charge < -0.3 is 24.8 Å². The molecule has 0 aliphatic rings. The van der Waals surface area contributed by atoms with E-state index in [1.165, 1.54) is 11.1 Å². The zero-order chi connectivity index (χ0) is 19.6. The van der Waals surface area contributed by atoms with Crippen LogP contribution in [0.15, 0.2) is 41.4 Å². The molecule has 6 heteroatoms. The number of hydrogen-bond donors (Lipinski definition) is 2. The van der Waals surface area contributed by atoms with Gasteiger partial charge in [0.1, 0.15) is 5.75 Å². The monoisotopic (exact) mass is 371 g/mol. The van der Waals surface area contributed by atoms with E-state index in [9.17, 15) is 0 Å². The largest absolute Gasteiger partial charge is 0.497 e. The van der Waals surface area contributed by atoms with Crippen molar-refractivity contribution in [1.29, 1.82) is 0 Å². The van der Waals surface area contributed by atoms with Crippen LogP contribution >= 0.6 is 0 Å². The van der Waals surface area contributed by atoms with E-state index in [0.29, 0.717) is 6.54 Å². The average molecular weight is 371 g/mol. The molecular formula is C21H29N3O3. The van der Waals surface area contributed by atoms with Gasteiger partial charge in [0.05, 0.1) is 21.3 Å². The summed E-state index contributed by atoms with van der Waals surface area (Å²) in [7, 11) is 6.73.